The van der Waals surface area contributed by atoms with Gasteiger partial charge in [0, 0.05) is 11.0 Å². The van der Waals surface area contributed by atoms with E-state index < -0.39 is 0 Å². The van der Waals surface area contributed by atoms with Crippen LogP contribution in [0.3, 0.4) is 0 Å². The van der Waals surface area contributed by atoms with Crippen molar-refractivity contribution in [1.82, 2.24) is 10.9 Å². The second-order valence-corrected chi connectivity index (χ2v) is 5.58. The number of carbonyl (C=O) groups excluding carboxylic acids is 1. The van der Waals surface area contributed by atoms with E-state index in [1.54, 1.807) is 0 Å². The Morgan fingerprint density at radius 3 is 2.77 bits per heavy atom. The van der Waals surface area contributed by atoms with Gasteiger partial charge in [-0.3, -0.25) is 10.2 Å². The maximum absolute atomic E-state index is 11.3. The van der Waals surface area contributed by atoms with E-state index in [1.165, 1.54) is 6.42 Å². The maximum Gasteiger partial charge on any atom is 0.238 e. The molecule has 3 atom stereocenters. The summed E-state index contributed by atoms with van der Waals surface area (Å²) in [5.41, 5.74) is 5.95. The fourth-order valence-electron chi connectivity index (χ4n) is 2.00. The van der Waals surface area contributed by atoms with Crippen molar-refractivity contribution in [3.8, 4) is 0 Å². The van der Waals surface area contributed by atoms with Crippen molar-refractivity contribution in [2.24, 2.45) is 5.92 Å². The lowest BCUT2D eigenvalue weighted by atomic mass is 9.83. The lowest BCUT2D eigenvalue weighted by Crippen LogP contribution is -2.51. The fraction of sp³-hybridized carbons (Fsp3) is 0.889. The molecule has 2 saturated heterocycles. The molecule has 0 aromatic rings. The van der Waals surface area contributed by atoms with Gasteiger partial charge in [-0.05, 0) is 12.8 Å². The average Bonchev–Trinajstić information content (AvgIpc) is 2.40. The summed E-state index contributed by atoms with van der Waals surface area (Å²) in [7, 11) is 0. The summed E-state index contributed by atoms with van der Waals surface area (Å²) in [5, 5.41) is 0.746. The van der Waals surface area contributed by atoms with Gasteiger partial charge < -0.3 is 0 Å². The molecule has 0 radical (unpaired) electrons. The van der Waals surface area contributed by atoms with Crippen LogP contribution in [0.1, 0.15) is 26.7 Å². The third-order valence-corrected chi connectivity index (χ3v) is 4.77. The van der Waals surface area contributed by atoms with Gasteiger partial charge in [0.1, 0.15) is 0 Å². The lowest BCUT2D eigenvalue weighted by Gasteiger charge is -2.37. The number of rotatable bonds is 0. The number of hydrogen-bond acceptors (Lipinski definition) is 3. The second kappa shape index (κ2) is 3.17. The van der Waals surface area contributed by atoms with Crippen LogP contribution in [0.5, 0.6) is 0 Å². The Morgan fingerprint density at radius 2 is 2.31 bits per heavy atom. The van der Waals surface area contributed by atoms with Crippen LogP contribution in [-0.2, 0) is 4.79 Å². The number of nitrogens with one attached hydrogen (secondary N) is 2. The van der Waals surface area contributed by atoms with Crippen LogP contribution >= 0.6 is 11.8 Å². The van der Waals surface area contributed by atoms with E-state index in [0.717, 1.165) is 17.4 Å². The Hall–Kier alpha value is -0.220. The SMILES string of the molecule is CC1CCC2(CS1)NNC(=O)C2C. The molecule has 1 spiro atoms. The minimum atomic E-state index is 0.0360. The molecule has 13 heavy (non-hydrogen) atoms. The third kappa shape index (κ3) is 1.46. The predicted octanol–water partition coefficient (Wildman–Crippen LogP) is 0.911. The highest BCUT2D eigenvalue weighted by Gasteiger charge is 2.47. The van der Waals surface area contributed by atoms with E-state index in [-0.39, 0.29) is 17.4 Å². The van der Waals surface area contributed by atoms with Gasteiger partial charge in [-0.25, -0.2) is 5.43 Å². The van der Waals surface area contributed by atoms with Crippen molar-refractivity contribution >= 4 is 17.7 Å². The molecule has 3 unspecified atom stereocenters. The summed E-state index contributed by atoms with van der Waals surface area (Å²) in [6.07, 6.45) is 2.32. The van der Waals surface area contributed by atoms with Gasteiger partial charge in [0.25, 0.3) is 0 Å². The van der Waals surface area contributed by atoms with E-state index in [0.29, 0.717) is 0 Å². The Labute approximate surface area is 83.0 Å². The molecule has 1 amide bonds. The Kier molecular flexibility index (Phi) is 2.28. The molecule has 74 valence electrons. The zero-order chi connectivity index (χ0) is 9.47. The summed E-state index contributed by atoms with van der Waals surface area (Å²) in [4.78, 5) is 11.3. The largest absolute Gasteiger partial charge is 0.291 e. The van der Waals surface area contributed by atoms with Crippen molar-refractivity contribution in [1.29, 1.82) is 0 Å². The lowest BCUT2D eigenvalue weighted by molar-refractivity contribution is -0.122. The smallest absolute Gasteiger partial charge is 0.238 e. The highest BCUT2D eigenvalue weighted by molar-refractivity contribution is 8.00. The van der Waals surface area contributed by atoms with Gasteiger partial charge in [-0.1, -0.05) is 13.8 Å². The summed E-state index contributed by atoms with van der Waals surface area (Å²) in [6.45, 7) is 4.28. The van der Waals surface area contributed by atoms with E-state index >= 15 is 0 Å². The Balaban J connectivity index is 2.09. The normalized spacial score (nSPS) is 45.2. The zero-order valence-corrected chi connectivity index (χ0v) is 8.91. The molecular formula is C9H16N2OS. The summed E-state index contributed by atoms with van der Waals surface area (Å²) in [5.74, 6) is 1.32. The number of thioether (sulfide) groups is 1. The number of hydrogen-bond donors (Lipinski definition) is 2. The van der Waals surface area contributed by atoms with Crippen molar-refractivity contribution in [2.45, 2.75) is 37.5 Å². The van der Waals surface area contributed by atoms with E-state index in [4.69, 9.17) is 0 Å². The summed E-state index contributed by atoms with van der Waals surface area (Å²) in [6, 6.07) is 0. The first kappa shape index (κ1) is 9.34. The highest BCUT2D eigenvalue weighted by atomic mass is 32.2. The van der Waals surface area contributed by atoms with Crippen molar-refractivity contribution < 1.29 is 4.79 Å². The quantitative estimate of drug-likeness (QED) is 0.611. The van der Waals surface area contributed by atoms with Gasteiger partial charge in [-0.2, -0.15) is 11.8 Å². The molecule has 2 aliphatic rings. The zero-order valence-electron chi connectivity index (χ0n) is 8.09. The van der Waals surface area contributed by atoms with Gasteiger partial charge in [-0.15, -0.1) is 0 Å². The molecule has 2 fully saturated rings. The Morgan fingerprint density at radius 1 is 1.54 bits per heavy atom. The number of carbonyl (C=O) groups is 1. The first-order valence-corrected chi connectivity index (χ1v) is 5.87. The first-order valence-electron chi connectivity index (χ1n) is 4.83. The molecule has 2 rings (SSSR count). The monoisotopic (exact) mass is 200 g/mol. The van der Waals surface area contributed by atoms with Crippen molar-refractivity contribution in [3.63, 3.8) is 0 Å². The minimum Gasteiger partial charge on any atom is -0.291 e. The fourth-order valence-corrected chi connectivity index (χ4v) is 3.33. The summed E-state index contributed by atoms with van der Waals surface area (Å²) >= 11 is 1.97. The standard InChI is InChI=1S/C9H16N2OS/c1-6-3-4-9(5-13-6)7(2)8(12)10-11-9/h6-7,11H,3-5H2,1-2H3,(H,10,12). The number of hydrazine groups is 1. The molecule has 0 bridgehead atoms. The van der Waals surface area contributed by atoms with Gasteiger partial charge in [0.2, 0.25) is 5.91 Å². The molecule has 4 heteroatoms. The van der Waals surface area contributed by atoms with E-state index in [2.05, 4.69) is 17.8 Å². The predicted molar refractivity (Wildman–Crippen MR) is 54.3 cm³/mol. The van der Waals surface area contributed by atoms with E-state index in [1.807, 2.05) is 18.7 Å². The summed E-state index contributed by atoms with van der Waals surface area (Å²) < 4.78 is 0. The van der Waals surface area contributed by atoms with Crippen LogP contribution in [-0.4, -0.2) is 22.4 Å². The van der Waals surface area contributed by atoms with Gasteiger partial charge >= 0.3 is 0 Å². The van der Waals surface area contributed by atoms with Crippen LogP contribution < -0.4 is 10.9 Å². The minimum absolute atomic E-state index is 0.0360. The van der Waals surface area contributed by atoms with Crippen LogP contribution in [0.15, 0.2) is 0 Å². The van der Waals surface area contributed by atoms with Crippen LogP contribution in [0.2, 0.25) is 0 Å². The first-order chi connectivity index (χ1) is 6.14. The Bertz CT molecular complexity index is 224. The average molecular weight is 200 g/mol. The van der Waals surface area contributed by atoms with Crippen molar-refractivity contribution in [2.75, 3.05) is 5.75 Å². The number of amides is 1. The third-order valence-electron chi connectivity index (χ3n) is 3.28. The topological polar surface area (TPSA) is 41.1 Å². The molecular weight excluding hydrogens is 184 g/mol. The maximum atomic E-state index is 11.3. The van der Waals surface area contributed by atoms with Crippen molar-refractivity contribution in [3.05, 3.63) is 0 Å². The molecule has 0 saturated carbocycles. The molecule has 3 nitrogen and oxygen atoms in total. The molecule has 2 aliphatic heterocycles. The van der Waals surface area contributed by atoms with Crippen LogP contribution in [0.4, 0.5) is 0 Å². The van der Waals surface area contributed by atoms with Gasteiger partial charge in [0.05, 0.1) is 11.5 Å². The molecule has 2 heterocycles. The highest BCUT2D eigenvalue weighted by Crippen LogP contribution is 2.38. The molecule has 2 N–H and O–H groups in total. The van der Waals surface area contributed by atoms with Crippen LogP contribution in [0, 0.1) is 5.92 Å². The van der Waals surface area contributed by atoms with E-state index in [9.17, 15) is 4.79 Å². The van der Waals surface area contributed by atoms with Crippen LogP contribution in [0.25, 0.3) is 0 Å². The molecule has 0 aromatic carbocycles. The second-order valence-electron chi connectivity index (χ2n) is 4.15. The van der Waals surface area contributed by atoms with Gasteiger partial charge in [0.15, 0.2) is 0 Å². The molecule has 0 aromatic heterocycles. The molecule has 0 aliphatic carbocycles.